The van der Waals surface area contributed by atoms with Crippen LogP contribution in [0.4, 0.5) is 11.5 Å². The predicted octanol–water partition coefficient (Wildman–Crippen LogP) is 1.67. The fraction of sp³-hybridized carbons (Fsp3) is 0. The Kier molecular flexibility index (Phi) is 3.04. The van der Waals surface area contributed by atoms with E-state index in [-0.39, 0.29) is 5.69 Å². The van der Waals surface area contributed by atoms with Crippen molar-refractivity contribution in [2.24, 2.45) is 0 Å². The molecule has 0 amide bonds. The summed E-state index contributed by atoms with van der Waals surface area (Å²) in [5.41, 5.74) is 1.83. The van der Waals surface area contributed by atoms with Crippen LogP contribution in [0.5, 0.6) is 0 Å². The highest BCUT2D eigenvalue weighted by molar-refractivity contribution is 5.62. The number of hydrogen-bond acceptors (Lipinski definition) is 6. The summed E-state index contributed by atoms with van der Waals surface area (Å²) in [6, 6.07) is 9.46. The molecule has 2 aromatic heterocycles. The van der Waals surface area contributed by atoms with Gasteiger partial charge in [-0.05, 0) is 18.2 Å². The topological polar surface area (TPSA) is 92.3 Å². The van der Waals surface area contributed by atoms with Crippen molar-refractivity contribution >= 4 is 11.5 Å². The van der Waals surface area contributed by atoms with Gasteiger partial charge in [0.05, 0.1) is 18.1 Å². The normalized spacial score (nSPS) is 9.95. The Hall–Kier alpha value is -3.27. The minimum Gasteiger partial charge on any atom is -0.338 e. The van der Waals surface area contributed by atoms with Gasteiger partial charge >= 0.3 is 0 Å². The first-order chi connectivity index (χ1) is 9.86. The number of nitrogens with one attached hydrogen (secondary N) is 1. The average molecular weight is 263 g/mol. The highest BCUT2D eigenvalue weighted by Gasteiger charge is 2.05. The van der Waals surface area contributed by atoms with Gasteiger partial charge in [-0.1, -0.05) is 6.07 Å². The van der Waals surface area contributed by atoms with Crippen LogP contribution in [-0.2, 0) is 0 Å². The number of anilines is 2. The molecule has 7 nitrogen and oxygen atoms in total. The van der Waals surface area contributed by atoms with Crippen molar-refractivity contribution in [2.75, 3.05) is 5.32 Å². The third kappa shape index (κ3) is 2.30. The molecule has 0 radical (unpaired) electrons. The molecule has 0 spiro atoms. The predicted molar refractivity (Wildman–Crippen MR) is 71.4 cm³/mol. The molecule has 0 saturated carbocycles. The first kappa shape index (κ1) is 11.8. The van der Waals surface area contributed by atoms with Gasteiger partial charge in [0, 0.05) is 18.1 Å². The lowest BCUT2D eigenvalue weighted by Gasteiger charge is -2.07. The van der Waals surface area contributed by atoms with Gasteiger partial charge in [0.25, 0.3) is 0 Å². The Morgan fingerprint density at radius 1 is 1.05 bits per heavy atom. The molecule has 0 aliphatic carbocycles. The third-order valence-corrected chi connectivity index (χ3v) is 2.56. The molecule has 0 unspecified atom stereocenters. The summed E-state index contributed by atoms with van der Waals surface area (Å²) >= 11 is 0. The van der Waals surface area contributed by atoms with Crippen molar-refractivity contribution in [2.45, 2.75) is 0 Å². The highest BCUT2D eigenvalue weighted by atomic mass is 15.5. The number of rotatable bonds is 3. The molecular formula is C13H9N7. The molecule has 0 aliphatic heterocycles. The minimum absolute atomic E-state index is 0.245. The lowest BCUT2D eigenvalue weighted by atomic mass is 10.2. The van der Waals surface area contributed by atoms with Gasteiger partial charge in [-0.3, -0.25) is 0 Å². The molecule has 0 fully saturated rings. The van der Waals surface area contributed by atoms with Gasteiger partial charge in [-0.2, -0.15) is 20.3 Å². The number of nitriles is 1. The summed E-state index contributed by atoms with van der Waals surface area (Å²) in [5.74, 6) is 0.417. The average Bonchev–Trinajstić information content (AvgIpc) is 3.02. The van der Waals surface area contributed by atoms with E-state index in [0.29, 0.717) is 5.82 Å². The number of aromatic nitrogens is 5. The van der Waals surface area contributed by atoms with Crippen LogP contribution >= 0.6 is 0 Å². The summed E-state index contributed by atoms with van der Waals surface area (Å²) in [6.45, 7) is 0. The number of hydrogen-bond donors (Lipinski definition) is 1. The van der Waals surface area contributed by atoms with Crippen molar-refractivity contribution in [3.05, 3.63) is 54.7 Å². The van der Waals surface area contributed by atoms with Gasteiger partial charge in [0.1, 0.15) is 6.07 Å². The minimum atomic E-state index is 0.245. The van der Waals surface area contributed by atoms with Crippen LogP contribution in [0.1, 0.15) is 5.69 Å². The van der Waals surface area contributed by atoms with Gasteiger partial charge < -0.3 is 5.32 Å². The zero-order valence-electron chi connectivity index (χ0n) is 10.3. The first-order valence-electron chi connectivity index (χ1n) is 5.82. The molecule has 3 aromatic rings. The van der Waals surface area contributed by atoms with Crippen molar-refractivity contribution < 1.29 is 0 Å². The molecule has 20 heavy (non-hydrogen) atoms. The van der Waals surface area contributed by atoms with E-state index in [4.69, 9.17) is 5.26 Å². The van der Waals surface area contributed by atoms with Crippen molar-refractivity contribution in [3.63, 3.8) is 0 Å². The maximum atomic E-state index is 8.98. The Morgan fingerprint density at radius 3 is 2.65 bits per heavy atom. The van der Waals surface area contributed by atoms with Gasteiger partial charge in [0.15, 0.2) is 11.5 Å². The molecule has 2 heterocycles. The van der Waals surface area contributed by atoms with Crippen molar-refractivity contribution in [1.29, 1.82) is 5.26 Å². The van der Waals surface area contributed by atoms with Crippen molar-refractivity contribution in [1.82, 2.24) is 25.0 Å². The number of nitrogens with zero attached hydrogens (tertiary/aromatic N) is 6. The summed E-state index contributed by atoms with van der Waals surface area (Å²) in [6.07, 6.45) is 6.23. The second-order valence-corrected chi connectivity index (χ2v) is 3.86. The monoisotopic (exact) mass is 263 g/mol. The molecule has 3 rings (SSSR count). The van der Waals surface area contributed by atoms with E-state index in [1.165, 1.54) is 17.2 Å². The van der Waals surface area contributed by atoms with E-state index in [1.54, 1.807) is 12.4 Å². The second kappa shape index (κ2) is 5.16. The third-order valence-electron chi connectivity index (χ3n) is 2.56. The Labute approximate surface area is 114 Å². The fourth-order valence-electron chi connectivity index (χ4n) is 1.71. The zero-order chi connectivity index (χ0) is 13.8. The molecule has 1 N–H and O–H groups in total. The van der Waals surface area contributed by atoms with E-state index in [1.807, 2.05) is 30.3 Å². The Morgan fingerprint density at radius 2 is 1.85 bits per heavy atom. The molecule has 1 aromatic carbocycles. The van der Waals surface area contributed by atoms with Crippen LogP contribution in [0.15, 0.2) is 49.1 Å². The Balaban J connectivity index is 1.92. The van der Waals surface area contributed by atoms with E-state index in [2.05, 4.69) is 25.5 Å². The van der Waals surface area contributed by atoms with Crippen LogP contribution < -0.4 is 5.32 Å². The van der Waals surface area contributed by atoms with Gasteiger partial charge in [0.2, 0.25) is 0 Å². The molecule has 0 saturated heterocycles. The first-order valence-corrected chi connectivity index (χ1v) is 5.82. The SMILES string of the molecule is N#Cc1nccnc1Nc1cccc(-n2nccn2)c1. The smallest absolute Gasteiger partial charge is 0.183 e. The maximum Gasteiger partial charge on any atom is 0.183 e. The highest BCUT2D eigenvalue weighted by Crippen LogP contribution is 2.18. The lowest BCUT2D eigenvalue weighted by Crippen LogP contribution is -2.01. The van der Waals surface area contributed by atoms with Crippen LogP contribution in [0.2, 0.25) is 0 Å². The van der Waals surface area contributed by atoms with Crippen LogP contribution in [0.3, 0.4) is 0 Å². The summed E-state index contributed by atoms with van der Waals surface area (Å²) in [7, 11) is 0. The quantitative estimate of drug-likeness (QED) is 0.772. The van der Waals surface area contributed by atoms with Crippen LogP contribution in [0, 0.1) is 11.3 Å². The molecule has 7 heteroatoms. The summed E-state index contributed by atoms with van der Waals surface area (Å²) < 4.78 is 0. The van der Waals surface area contributed by atoms with Gasteiger partial charge in [-0.25, -0.2) is 9.97 Å². The largest absolute Gasteiger partial charge is 0.338 e. The van der Waals surface area contributed by atoms with Crippen LogP contribution in [0.25, 0.3) is 5.69 Å². The molecular weight excluding hydrogens is 254 g/mol. The fourth-order valence-corrected chi connectivity index (χ4v) is 1.71. The summed E-state index contributed by atoms with van der Waals surface area (Å²) in [4.78, 5) is 9.56. The van der Waals surface area contributed by atoms with E-state index < -0.39 is 0 Å². The van der Waals surface area contributed by atoms with Crippen LogP contribution in [-0.4, -0.2) is 25.0 Å². The number of benzene rings is 1. The van der Waals surface area contributed by atoms with E-state index in [9.17, 15) is 0 Å². The molecule has 0 bridgehead atoms. The standard InChI is InChI=1S/C13H9N7/c14-9-12-13(16-5-4-15-12)19-10-2-1-3-11(8-10)20-17-6-7-18-20/h1-8H,(H,16,19). The summed E-state index contributed by atoms with van der Waals surface area (Å²) in [5, 5.41) is 20.2. The molecule has 96 valence electrons. The second-order valence-electron chi connectivity index (χ2n) is 3.86. The maximum absolute atomic E-state index is 8.98. The zero-order valence-corrected chi connectivity index (χ0v) is 10.3. The lowest BCUT2D eigenvalue weighted by molar-refractivity contribution is 0.752. The molecule has 0 atom stereocenters. The van der Waals surface area contributed by atoms with E-state index >= 15 is 0 Å². The van der Waals surface area contributed by atoms with Gasteiger partial charge in [-0.15, -0.1) is 0 Å². The van der Waals surface area contributed by atoms with Crippen molar-refractivity contribution in [3.8, 4) is 11.8 Å². The van der Waals surface area contributed by atoms with E-state index in [0.717, 1.165) is 11.4 Å². The molecule has 0 aliphatic rings. The Bertz CT molecular complexity index is 758.